The highest BCUT2D eigenvalue weighted by Crippen LogP contribution is 2.26. The van der Waals surface area contributed by atoms with Crippen LogP contribution >= 0.6 is 0 Å². The van der Waals surface area contributed by atoms with E-state index in [2.05, 4.69) is 24.5 Å². The number of aliphatic hydroxyl groups excluding tert-OH is 1. The maximum atomic E-state index is 11.6. The van der Waals surface area contributed by atoms with Gasteiger partial charge in [0.05, 0.1) is 4.92 Å². The van der Waals surface area contributed by atoms with Gasteiger partial charge in [-0.05, 0) is 36.8 Å². The summed E-state index contributed by atoms with van der Waals surface area (Å²) in [5.41, 5.74) is 0.506. The molecule has 0 aliphatic heterocycles. The average Bonchev–Trinajstić information content (AvgIpc) is 2.51. The lowest BCUT2D eigenvalue weighted by atomic mass is 9.94. The first-order chi connectivity index (χ1) is 10.9. The number of aliphatic hydroxyl groups is 1. The number of rotatable bonds is 9. The summed E-state index contributed by atoms with van der Waals surface area (Å²) < 4.78 is 0. The number of nitrogens with zero attached hydrogens (tertiary/aromatic N) is 1. The first-order valence-corrected chi connectivity index (χ1v) is 7.74. The molecular formula is C16H25N3O4. The Hall–Kier alpha value is -2.15. The normalized spacial score (nSPS) is 12.0. The van der Waals surface area contributed by atoms with E-state index in [9.17, 15) is 14.9 Å². The second kappa shape index (κ2) is 9.09. The first kappa shape index (κ1) is 18.9. The van der Waals surface area contributed by atoms with E-state index in [0.29, 0.717) is 24.6 Å². The predicted octanol–water partition coefficient (Wildman–Crippen LogP) is 2.41. The summed E-state index contributed by atoms with van der Waals surface area (Å²) >= 11 is 0. The van der Waals surface area contributed by atoms with Crippen LogP contribution in [0.25, 0.3) is 0 Å². The van der Waals surface area contributed by atoms with Gasteiger partial charge in [-0.25, -0.2) is 0 Å². The number of amides is 1. The van der Waals surface area contributed by atoms with Crippen molar-refractivity contribution in [2.45, 2.75) is 26.7 Å². The van der Waals surface area contributed by atoms with Crippen LogP contribution in [-0.2, 0) is 0 Å². The molecule has 3 N–H and O–H groups in total. The van der Waals surface area contributed by atoms with Crippen LogP contribution in [0.2, 0.25) is 0 Å². The van der Waals surface area contributed by atoms with Gasteiger partial charge in [-0.2, -0.15) is 0 Å². The Morgan fingerprint density at radius 3 is 2.61 bits per heavy atom. The minimum absolute atomic E-state index is 0.0940. The van der Waals surface area contributed by atoms with Crippen molar-refractivity contribution in [1.82, 2.24) is 5.32 Å². The van der Waals surface area contributed by atoms with E-state index < -0.39 is 4.92 Å². The van der Waals surface area contributed by atoms with Crippen LogP contribution in [0.5, 0.6) is 0 Å². The summed E-state index contributed by atoms with van der Waals surface area (Å²) in [5, 5.41) is 25.9. The third kappa shape index (κ3) is 5.86. The number of carbonyl (C=O) groups is 1. The Kier molecular flexibility index (Phi) is 7.47. The third-order valence-corrected chi connectivity index (χ3v) is 3.61. The van der Waals surface area contributed by atoms with Crippen molar-refractivity contribution < 1.29 is 14.8 Å². The van der Waals surface area contributed by atoms with Gasteiger partial charge in [0, 0.05) is 31.8 Å². The highest BCUT2D eigenvalue weighted by Gasteiger charge is 2.18. The number of nitro groups is 1. The molecule has 0 spiro atoms. The van der Waals surface area contributed by atoms with Gasteiger partial charge in [-0.3, -0.25) is 14.9 Å². The van der Waals surface area contributed by atoms with Gasteiger partial charge in [0.1, 0.15) is 5.69 Å². The Balaban J connectivity index is 2.90. The van der Waals surface area contributed by atoms with Crippen LogP contribution < -0.4 is 10.6 Å². The van der Waals surface area contributed by atoms with Crippen LogP contribution in [0.1, 0.15) is 37.0 Å². The number of carbonyl (C=O) groups excluding carboxylic acids is 1. The molecule has 0 radical (unpaired) electrons. The molecule has 0 aromatic heterocycles. The van der Waals surface area contributed by atoms with E-state index >= 15 is 0 Å². The molecule has 23 heavy (non-hydrogen) atoms. The molecule has 1 rings (SSSR count). The van der Waals surface area contributed by atoms with Gasteiger partial charge < -0.3 is 15.7 Å². The fourth-order valence-corrected chi connectivity index (χ4v) is 2.52. The molecule has 0 aliphatic carbocycles. The number of hydrogen-bond acceptors (Lipinski definition) is 5. The van der Waals surface area contributed by atoms with Gasteiger partial charge in [-0.15, -0.1) is 0 Å². The molecule has 1 amide bonds. The number of benzene rings is 1. The van der Waals surface area contributed by atoms with Gasteiger partial charge in [0.15, 0.2) is 0 Å². The monoisotopic (exact) mass is 323 g/mol. The zero-order chi connectivity index (χ0) is 17.4. The summed E-state index contributed by atoms with van der Waals surface area (Å²) in [7, 11) is 1.48. The largest absolute Gasteiger partial charge is 0.396 e. The van der Waals surface area contributed by atoms with E-state index in [1.807, 2.05) is 0 Å². The highest BCUT2D eigenvalue weighted by molar-refractivity contribution is 5.95. The van der Waals surface area contributed by atoms with Gasteiger partial charge in [-0.1, -0.05) is 13.8 Å². The van der Waals surface area contributed by atoms with Crippen LogP contribution in [-0.4, -0.2) is 36.1 Å². The molecule has 1 aromatic carbocycles. The van der Waals surface area contributed by atoms with Crippen molar-refractivity contribution in [2.75, 3.05) is 25.5 Å². The van der Waals surface area contributed by atoms with Crippen molar-refractivity contribution in [3.05, 3.63) is 33.9 Å². The van der Waals surface area contributed by atoms with Crippen molar-refractivity contribution in [1.29, 1.82) is 0 Å². The fraction of sp³-hybridized carbons (Fsp3) is 0.562. The molecule has 0 bridgehead atoms. The minimum atomic E-state index is -0.502. The molecule has 7 heteroatoms. The third-order valence-electron chi connectivity index (χ3n) is 3.61. The lowest BCUT2D eigenvalue weighted by molar-refractivity contribution is -0.384. The lowest BCUT2D eigenvalue weighted by Gasteiger charge is -2.19. The van der Waals surface area contributed by atoms with Gasteiger partial charge >= 0.3 is 0 Å². The Morgan fingerprint density at radius 2 is 2.09 bits per heavy atom. The van der Waals surface area contributed by atoms with Crippen molar-refractivity contribution in [2.24, 2.45) is 11.8 Å². The summed E-state index contributed by atoms with van der Waals surface area (Å²) in [6.07, 6.45) is 1.58. The molecule has 1 atom stereocenters. The van der Waals surface area contributed by atoms with E-state index in [4.69, 9.17) is 5.11 Å². The predicted molar refractivity (Wildman–Crippen MR) is 89.6 cm³/mol. The van der Waals surface area contributed by atoms with E-state index in [1.165, 1.54) is 13.1 Å². The molecule has 0 heterocycles. The second-order valence-corrected chi connectivity index (χ2v) is 5.96. The lowest BCUT2D eigenvalue weighted by Crippen LogP contribution is -2.19. The quantitative estimate of drug-likeness (QED) is 0.478. The Morgan fingerprint density at radius 1 is 1.39 bits per heavy atom. The van der Waals surface area contributed by atoms with E-state index in [1.54, 1.807) is 12.1 Å². The summed E-state index contributed by atoms with van der Waals surface area (Å²) in [6.45, 7) is 4.84. The van der Waals surface area contributed by atoms with Crippen LogP contribution in [0.15, 0.2) is 18.2 Å². The van der Waals surface area contributed by atoms with E-state index in [0.717, 1.165) is 6.42 Å². The molecule has 0 saturated carbocycles. The molecule has 0 saturated heterocycles. The zero-order valence-electron chi connectivity index (χ0n) is 13.8. The topological polar surface area (TPSA) is 104 Å². The number of hydrogen-bond donors (Lipinski definition) is 3. The number of nitro benzene ring substituents is 1. The smallest absolute Gasteiger partial charge is 0.293 e. The summed E-state index contributed by atoms with van der Waals surface area (Å²) in [5.74, 6) is 0.356. The number of nitrogens with one attached hydrogen (secondary N) is 2. The van der Waals surface area contributed by atoms with Crippen LogP contribution in [0, 0.1) is 22.0 Å². The molecule has 7 nitrogen and oxygen atoms in total. The maximum Gasteiger partial charge on any atom is 0.293 e. The van der Waals surface area contributed by atoms with Crippen molar-refractivity contribution in [3.8, 4) is 0 Å². The highest BCUT2D eigenvalue weighted by atomic mass is 16.6. The zero-order valence-corrected chi connectivity index (χ0v) is 13.8. The summed E-state index contributed by atoms with van der Waals surface area (Å²) in [6, 6.07) is 4.37. The maximum absolute atomic E-state index is 11.6. The summed E-state index contributed by atoms with van der Waals surface area (Å²) in [4.78, 5) is 22.3. The van der Waals surface area contributed by atoms with E-state index in [-0.39, 0.29) is 29.7 Å². The number of anilines is 1. The molecule has 0 fully saturated rings. The Labute approximate surface area is 136 Å². The molecular weight excluding hydrogens is 298 g/mol. The van der Waals surface area contributed by atoms with Crippen molar-refractivity contribution >= 4 is 17.3 Å². The van der Waals surface area contributed by atoms with Crippen LogP contribution in [0.3, 0.4) is 0 Å². The Bertz CT molecular complexity index is 546. The minimum Gasteiger partial charge on any atom is -0.396 e. The average molecular weight is 323 g/mol. The SMILES string of the molecule is CNC(=O)c1ccc(NCC(CCO)CC(C)C)c([N+](=O)[O-])c1. The second-order valence-electron chi connectivity index (χ2n) is 5.96. The van der Waals surface area contributed by atoms with Gasteiger partial charge in [0.2, 0.25) is 0 Å². The standard InChI is InChI=1S/C16H25N3O4/c1-11(2)8-12(6-7-20)10-18-14-5-4-13(16(21)17-3)9-15(14)19(22)23/h4-5,9,11-12,18,20H,6-8,10H2,1-3H3,(H,17,21). The molecule has 128 valence electrons. The first-order valence-electron chi connectivity index (χ1n) is 7.74. The van der Waals surface area contributed by atoms with Gasteiger partial charge in [0.25, 0.3) is 11.6 Å². The van der Waals surface area contributed by atoms with Crippen molar-refractivity contribution in [3.63, 3.8) is 0 Å². The molecule has 0 aliphatic rings. The van der Waals surface area contributed by atoms with Crippen LogP contribution in [0.4, 0.5) is 11.4 Å². The molecule has 1 unspecified atom stereocenters. The molecule has 1 aromatic rings. The fourth-order valence-electron chi connectivity index (χ4n) is 2.52.